The van der Waals surface area contributed by atoms with Gasteiger partial charge in [-0.05, 0) is 31.2 Å². The number of hydrogen-bond donors (Lipinski definition) is 2. The van der Waals surface area contributed by atoms with Crippen LogP contribution in [0.3, 0.4) is 0 Å². The van der Waals surface area contributed by atoms with Gasteiger partial charge in [-0.2, -0.15) is 0 Å². The standard InChI is InChI=1S/C19H23N5O5S/c1-14(19(25)21-15-5-4-6-16(13-15)30(20,28)29)22-9-11-23(12-10-22)17-7-2-3-8-18(17)24(26)27/h2-8,13-14H,9-12H2,1H3,(H,21,25)(H2,20,28,29). The Bertz CT molecular complexity index is 1050. The van der Waals surface area contributed by atoms with Crippen LogP contribution < -0.4 is 15.4 Å². The number of hydrogen-bond acceptors (Lipinski definition) is 7. The average Bonchev–Trinajstić information content (AvgIpc) is 2.73. The molecule has 0 saturated carbocycles. The van der Waals surface area contributed by atoms with Gasteiger partial charge in [0.2, 0.25) is 15.9 Å². The Balaban J connectivity index is 1.62. The van der Waals surface area contributed by atoms with Crippen LogP contribution in [0.15, 0.2) is 53.4 Å². The van der Waals surface area contributed by atoms with Gasteiger partial charge in [0.1, 0.15) is 5.69 Å². The lowest BCUT2D eigenvalue weighted by molar-refractivity contribution is -0.384. The number of nitrogens with zero attached hydrogens (tertiary/aromatic N) is 3. The zero-order valence-electron chi connectivity index (χ0n) is 16.4. The van der Waals surface area contributed by atoms with E-state index in [0.717, 1.165) is 0 Å². The molecule has 160 valence electrons. The van der Waals surface area contributed by atoms with Crippen LogP contribution in [0.5, 0.6) is 0 Å². The molecule has 2 aromatic carbocycles. The molecule has 1 heterocycles. The van der Waals surface area contributed by atoms with E-state index in [2.05, 4.69) is 5.32 Å². The van der Waals surface area contributed by atoms with Gasteiger partial charge < -0.3 is 10.2 Å². The lowest BCUT2D eigenvalue weighted by Crippen LogP contribution is -2.53. The van der Waals surface area contributed by atoms with E-state index in [1.165, 1.54) is 24.3 Å². The van der Waals surface area contributed by atoms with Gasteiger partial charge >= 0.3 is 0 Å². The zero-order valence-corrected chi connectivity index (χ0v) is 17.2. The summed E-state index contributed by atoms with van der Waals surface area (Å²) in [5, 5.41) is 19.1. The Labute approximate surface area is 174 Å². The van der Waals surface area contributed by atoms with Gasteiger partial charge in [0.25, 0.3) is 5.69 Å². The van der Waals surface area contributed by atoms with Crippen molar-refractivity contribution in [1.29, 1.82) is 0 Å². The normalized spacial score (nSPS) is 16.1. The first-order valence-electron chi connectivity index (χ1n) is 9.33. The smallest absolute Gasteiger partial charge is 0.292 e. The van der Waals surface area contributed by atoms with Crippen LogP contribution in [0.2, 0.25) is 0 Å². The number of nitrogens with two attached hydrogens (primary N) is 1. The number of benzene rings is 2. The highest BCUT2D eigenvalue weighted by Crippen LogP contribution is 2.28. The van der Waals surface area contributed by atoms with Crippen molar-refractivity contribution >= 4 is 33.0 Å². The van der Waals surface area contributed by atoms with Crippen LogP contribution in [0.1, 0.15) is 6.92 Å². The number of nitro benzene ring substituents is 1. The molecule has 1 fully saturated rings. The van der Waals surface area contributed by atoms with Crippen LogP contribution in [0.4, 0.5) is 17.1 Å². The highest BCUT2D eigenvalue weighted by molar-refractivity contribution is 7.89. The van der Waals surface area contributed by atoms with Crippen molar-refractivity contribution in [2.75, 3.05) is 36.4 Å². The van der Waals surface area contributed by atoms with Crippen LogP contribution >= 0.6 is 0 Å². The van der Waals surface area contributed by atoms with E-state index in [1.807, 2.05) is 9.80 Å². The third-order valence-electron chi connectivity index (χ3n) is 5.09. The van der Waals surface area contributed by atoms with E-state index < -0.39 is 21.0 Å². The molecular formula is C19H23N5O5S. The summed E-state index contributed by atoms with van der Waals surface area (Å²) in [5.41, 5.74) is 0.975. The minimum Gasteiger partial charge on any atom is -0.363 e. The molecule has 10 nitrogen and oxygen atoms in total. The SMILES string of the molecule is CC(C(=O)Nc1cccc(S(N)(=O)=O)c1)N1CCN(c2ccccc2[N+](=O)[O-])CC1. The molecule has 1 amide bonds. The van der Waals surface area contributed by atoms with E-state index in [-0.39, 0.29) is 16.5 Å². The van der Waals surface area contributed by atoms with Gasteiger partial charge in [-0.1, -0.05) is 18.2 Å². The molecule has 3 N–H and O–H groups in total. The Kier molecular flexibility index (Phi) is 6.34. The van der Waals surface area contributed by atoms with Crippen molar-refractivity contribution in [3.63, 3.8) is 0 Å². The van der Waals surface area contributed by atoms with Crippen molar-refractivity contribution in [3.05, 3.63) is 58.6 Å². The highest BCUT2D eigenvalue weighted by Gasteiger charge is 2.28. The predicted octanol–water partition coefficient (Wildman–Crippen LogP) is 1.39. The van der Waals surface area contributed by atoms with Crippen LogP contribution in [-0.4, -0.2) is 56.4 Å². The van der Waals surface area contributed by atoms with E-state index in [9.17, 15) is 23.3 Å². The molecule has 1 atom stereocenters. The Morgan fingerprint density at radius 1 is 1.13 bits per heavy atom. The van der Waals surface area contributed by atoms with E-state index in [4.69, 9.17) is 5.14 Å². The molecule has 1 unspecified atom stereocenters. The Morgan fingerprint density at radius 3 is 2.43 bits per heavy atom. The third-order valence-corrected chi connectivity index (χ3v) is 6.00. The summed E-state index contributed by atoms with van der Waals surface area (Å²) >= 11 is 0. The number of sulfonamides is 1. The summed E-state index contributed by atoms with van der Waals surface area (Å²) < 4.78 is 23.0. The van der Waals surface area contributed by atoms with Crippen molar-refractivity contribution in [1.82, 2.24) is 4.90 Å². The number of nitrogens with one attached hydrogen (secondary N) is 1. The molecule has 3 rings (SSSR count). The Morgan fingerprint density at radius 2 is 1.80 bits per heavy atom. The Hall–Kier alpha value is -3.02. The summed E-state index contributed by atoms with van der Waals surface area (Å²) in [7, 11) is -3.86. The molecule has 1 saturated heterocycles. The minimum absolute atomic E-state index is 0.0616. The van der Waals surface area contributed by atoms with Gasteiger partial charge in [-0.3, -0.25) is 19.8 Å². The lowest BCUT2D eigenvalue weighted by atomic mass is 10.1. The first-order chi connectivity index (χ1) is 14.2. The molecule has 2 aromatic rings. The molecule has 30 heavy (non-hydrogen) atoms. The number of carbonyl (C=O) groups is 1. The largest absolute Gasteiger partial charge is 0.363 e. The quantitative estimate of drug-likeness (QED) is 0.518. The maximum atomic E-state index is 12.6. The van der Waals surface area contributed by atoms with E-state index >= 15 is 0 Å². The second kappa shape index (κ2) is 8.78. The number of rotatable bonds is 6. The first kappa shape index (κ1) is 21.7. The number of anilines is 2. The molecule has 0 spiro atoms. The number of primary sulfonamides is 1. The second-order valence-electron chi connectivity index (χ2n) is 7.01. The summed E-state index contributed by atoms with van der Waals surface area (Å²) in [6, 6.07) is 11.9. The van der Waals surface area contributed by atoms with Crippen LogP contribution in [0.25, 0.3) is 0 Å². The summed E-state index contributed by atoms with van der Waals surface area (Å²) in [5.74, 6) is -0.277. The van der Waals surface area contributed by atoms with Crippen LogP contribution in [0, 0.1) is 10.1 Å². The summed E-state index contributed by atoms with van der Waals surface area (Å²) in [6.07, 6.45) is 0. The molecule has 1 aliphatic rings. The molecule has 0 aliphatic carbocycles. The lowest BCUT2D eigenvalue weighted by Gasteiger charge is -2.38. The van der Waals surface area contributed by atoms with Gasteiger partial charge in [0, 0.05) is 37.9 Å². The molecule has 0 bridgehead atoms. The predicted molar refractivity (Wildman–Crippen MR) is 113 cm³/mol. The zero-order chi connectivity index (χ0) is 21.9. The fraction of sp³-hybridized carbons (Fsp3) is 0.316. The molecule has 0 aromatic heterocycles. The van der Waals surface area contributed by atoms with Crippen molar-refractivity contribution < 1.29 is 18.1 Å². The number of nitro groups is 1. The number of piperazine rings is 1. The summed E-state index contributed by atoms with van der Waals surface area (Å²) in [6.45, 7) is 3.96. The topological polar surface area (TPSA) is 139 Å². The second-order valence-corrected chi connectivity index (χ2v) is 8.57. The van der Waals surface area contributed by atoms with Gasteiger partial charge in [0.05, 0.1) is 15.9 Å². The van der Waals surface area contributed by atoms with Crippen LogP contribution in [-0.2, 0) is 14.8 Å². The maximum Gasteiger partial charge on any atom is 0.292 e. The molecule has 11 heteroatoms. The van der Waals surface area contributed by atoms with Crippen molar-refractivity contribution in [3.8, 4) is 0 Å². The maximum absolute atomic E-state index is 12.6. The number of para-hydroxylation sites is 2. The van der Waals surface area contributed by atoms with Gasteiger partial charge in [0.15, 0.2) is 0 Å². The fourth-order valence-electron chi connectivity index (χ4n) is 3.40. The fourth-order valence-corrected chi connectivity index (χ4v) is 3.96. The highest BCUT2D eigenvalue weighted by atomic mass is 32.2. The monoisotopic (exact) mass is 433 g/mol. The first-order valence-corrected chi connectivity index (χ1v) is 10.9. The summed E-state index contributed by atoms with van der Waals surface area (Å²) in [4.78, 5) is 27.3. The van der Waals surface area contributed by atoms with Gasteiger partial charge in [-0.25, -0.2) is 13.6 Å². The number of carbonyl (C=O) groups excluding carboxylic acids is 1. The van der Waals surface area contributed by atoms with E-state index in [0.29, 0.717) is 37.6 Å². The average molecular weight is 433 g/mol. The van der Waals surface area contributed by atoms with Crippen molar-refractivity contribution in [2.24, 2.45) is 5.14 Å². The van der Waals surface area contributed by atoms with Crippen molar-refractivity contribution in [2.45, 2.75) is 17.9 Å². The van der Waals surface area contributed by atoms with Gasteiger partial charge in [-0.15, -0.1) is 0 Å². The molecular weight excluding hydrogens is 410 g/mol. The minimum atomic E-state index is -3.86. The number of amides is 1. The molecule has 1 aliphatic heterocycles. The molecule has 0 radical (unpaired) electrons. The third kappa shape index (κ3) is 4.93. The van der Waals surface area contributed by atoms with E-state index in [1.54, 1.807) is 31.2 Å².